The number of amides is 2. The van der Waals surface area contributed by atoms with Crippen molar-refractivity contribution in [2.45, 2.75) is 64.8 Å². The summed E-state index contributed by atoms with van der Waals surface area (Å²) in [6.07, 6.45) is -1.38. The molecule has 3 aromatic rings. The van der Waals surface area contributed by atoms with Crippen LogP contribution >= 0.6 is 0 Å². The summed E-state index contributed by atoms with van der Waals surface area (Å²) in [5.41, 5.74) is 2.48. The fourth-order valence-corrected chi connectivity index (χ4v) is 4.44. The number of pyridine rings is 2. The van der Waals surface area contributed by atoms with Crippen LogP contribution in [0.1, 0.15) is 74.6 Å². The lowest BCUT2D eigenvalue weighted by Gasteiger charge is -2.24. The Morgan fingerprint density at radius 3 is 2.51 bits per heavy atom. The van der Waals surface area contributed by atoms with Gasteiger partial charge >= 0.3 is 12.3 Å². The summed E-state index contributed by atoms with van der Waals surface area (Å²) >= 11 is 0. The molecule has 39 heavy (non-hydrogen) atoms. The van der Waals surface area contributed by atoms with Gasteiger partial charge < -0.3 is 10.1 Å². The van der Waals surface area contributed by atoms with Crippen molar-refractivity contribution in [3.63, 3.8) is 0 Å². The zero-order valence-electron chi connectivity index (χ0n) is 22.2. The number of carbonyl (C=O) groups is 2. The van der Waals surface area contributed by atoms with E-state index in [-0.39, 0.29) is 18.7 Å². The van der Waals surface area contributed by atoms with Crippen molar-refractivity contribution in [3.05, 3.63) is 71.6 Å². The second kappa shape index (κ2) is 11.0. The first-order valence-electron chi connectivity index (χ1n) is 12.7. The van der Waals surface area contributed by atoms with E-state index in [2.05, 4.69) is 20.6 Å². The fraction of sp³-hybridized carbons (Fsp3) is 0.379. The van der Waals surface area contributed by atoms with Crippen molar-refractivity contribution < 1.29 is 27.5 Å². The summed E-state index contributed by atoms with van der Waals surface area (Å²) < 4.78 is 44.4. The Hall–Kier alpha value is -3.95. The first-order chi connectivity index (χ1) is 18.3. The van der Waals surface area contributed by atoms with Crippen LogP contribution in [0.15, 0.2) is 54.7 Å². The quantitative estimate of drug-likeness (QED) is 0.357. The molecule has 1 aliphatic carbocycles. The van der Waals surface area contributed by atoms with Gasteiger partial charge in [-0.15, -0.1) is 0 Å². The molecule has 1 unspecified atom stereocenters. The van der Waals surface area contributed by atoms with Gasteiger partial charge in [0.05, 0.1) is 28.7 Å². The van der Waals surface area contributed by atoms with Gasteiger partial charge in [-0.3, -0.25) is 15.1 Å². The molecule has 0 saturated carbocycles. The average Bonchev–Trinajstić information content (AvgIpc) is 2.86. The largest absolute Gasteiger partial charge is 0.444 e. The van der Waals surface area contributed by atoms with Gasteiger partial charge in [0.15, 0.2) is 0 Å². The molecule has 1 aliphatic rings. The molecule has 4 rings (SSSR count). The van der Waals surface area contributed by atoms with Crippen molar-refractivity contribution in [2.75, 3.05) is 5.32 Å². The summed E-state index contributed by atoms with van der Waals surface area (Å²) in [5.74, 6) is -1.38. The Bertz CT molecular complexity index is 1410. The summed E-state index contributed by atoms with van der Waals surface area (Å²) in [4.78, 5) is 34.0. The lowest BCUT2D eigenvalue weighted by molar-refractivity contribution is -0.175. The number of allylic oxidation sites excluding steroid dienone is 2. The van der Waals surface area contributed by atoms with Crippen LogP contribution in [0.3, 0.4) is 0 Å². The number of rotatable bonds is 5. The fourth-order valence-electron chi connectivity index (χ4n) is 4.44. The second-order valence-electron chi connectivity index (χ2n) is 10.6. The van der Waals surface area contributed by atoms with E-state index < -0.39 is 29.8 Å². The number of para-hydroxylation sites is 1. The zero-order chi connectivity index (χ0) is 28.4. The highest BCUT2D eigenvalue weighted by Gasteiger charge is 2.39. The topological polar surface area (TPSA) is 93.2 Å². The molecule has 0 fully saturated rings. The zero-order valence-corrected chi connectivity index (χ0v) is 22.2. The molecule has 2 atom stereocenters. The molecule has 2 aromatic heterocycles. The molecule has 0 spiro atoms. The summed E-state index contributed by atoms with van der Waals surface area (Å²) in [7, 11) is 0. The number of ether oxygens (including phenoxy) is 1. The van der Waals surface area contributed by atoms with Gasteiger partial charge in [0, 0.05) is 17.1 Å². The lowest BCUT2D eigenvalue weighted by atomic mass is 9.85. The number of anilines is 1. The predicted octanol–water partition coefficient (Wildman–Crippen LogP) is 7.21. The Balaban J connectivity index is 1.47. The minimum atomic E-state index is -4.19. The van der Waals surface area contributed by atoms with Crippen molar-refractivity contribution in [1.82, 2.24) is 15.3 Å². The van der Waals surface area contributed by atoms with E-state index in [1.54, 1.807) is 58.0 Å². The molecular formula is C29H31F3N4O3. The summed E-state index contributed by atoms with van der Waals surface area (Å²) in [6.45, 7) is 7.05. The molecule has 10 heteroatoms. The third kappa shape index (κ3) is 7.13. The Morgan fingerprint density at radius 2 is 1.85 bits per heavy atom. The van der Waals surface area contributed by atoms with Gasteiger partial charge in [0.25, 0.3) is 5.91 Å². The number of halogens is 3. The minimum Gasteiger partial charge on any atom is -0.444 e. The molecule has 2 N–H and O–H groups in total. The number of nitrogens with zero attached hydrogens (tertiary/aromatic N) is 2. The molecule has 0 aliphatic heterocycles. The highest BCUT2D eigenvalue weighted by molar-refractivity contribution is 5.99. The van der Waals surface area contributed by atoms with Crippen LogP contribution in [0.25, 0.3) is 16.5 Å². The van der Waals surface area contributed by atoms with Gasteiger partial charge in [0.1, 0.15) is 11.4 Å². The Labute approximate surface area is 224 Å². The molecule has 2 amide bonds. The van der Waals surface area contributed by atoms with Crippen LogP contribution in [-0.4, -0.2) is 33.7 Å². The van der Waals surface area contributed by atoms with E-state index in [4.69, 9.17) is 4.74 Å². The molecule has 0 bridgehead atoms. The number of hydrogen-bond acceptors (Lipinski definition) is 5. The molecule has 0 saturated heterocycles. The Kier molecular flexibility index (Phi) is 7.94. The maximum Gasteiger partial charge on any atom is 0.413 e. The van der Waals surface area contributed by atoms with Crippen LogP contribution < -0.4 is 10.6 Å². The number of aromatic nitrogens is 2. The average molecular weight is 541 g/mol. The van der Waals surface area contributed by atoms with Crippen LogP contribution in [0.5, 0.6) is 0 Å². The third-order valence-electron chi connectivity index (χ3n) is 6.38. The monoisotopic (exact) mass is 540 g/mol. The van der Waals surface area contributed by atoms with Crippen LogP contribution in [-0.2, 0) is 4.74 Å². The Morgan fingerprint density at radius 1 is 1.10 bits per heavy atom. The van der Waals surface area contributed by atoms with Crippen LogP contribution in [0.2, 0.25) is 0 Å². The first-order valence-corrected chi connectivity index (χ1v) is 12.7. The third-order valence-corrected chi connectivity index (χ3v) is 6.38. The number of fused-ring (bicyclic) bond motifs is 1. The molecule has 2 heterocycles. The van der Waals surface area contributed by atoms with Crippen molar-refractivity contribution in [2.24, 2.45) is 5.92 Å². The number of carbonyl (C=O) groups excluding carboxylic acids is 2. The van der Waals surface area contributed by atoms with Crippen molar-refractivity contribution >= 4 is 34.3 Å². The van der Waals surface area contributed by atoms with Gasteiger partial charge in [-0.2, -0.15) is 13.2 Å². The summed E-state index contributed by atoms with van der Waals surface area (Å²) in [6, 6.07) is 11.8. The number of benzene rings is 1. The molecule has 1 aromatic carbocycles. The second-order valence-corrected chi connectivity index (χ2v) is 10.6. The maximum absolute atomic E-state index is 13.1. The summed E-state index contributed by atoms with van der Waals surface area (Å²) in [5, 5.41) is 6.19. The standard InChI is InChI=1S/C29H31F3N4O3/c1-17(23-9-6-10-24(35-23)36-27(38)39-28(2,3)4)34-26(37)20-15-19-7-5-8-22(25(19)33-16-20)18-11-13-21(14-12-18)29(30,31)32/h5-11,15-17,21H,12-14H2,1-4H3,(H,34,37)(H,35,36,38)/t17-,21?/m0/s1. The van der Waals surface area contributed by atoms with Crippen LogP contribution in [0.4, 0.5) is 23.8 Å². The van der Waals surface area contributed by atoms with E-state index in [1.807, 2.05) is 18.2 Å². The molecule has 206 valence electrons. The van der Waals surface area contributed by atoms with E-state index in [0.717, 1.165) is 11.1 Å². The highest BCUT2D eigenvalue weighted by Crippen LogP contribution is 2.40. The van der Waals surface area contributed by atoms with E-state index in [1.165, 1.54) is 6.20 Å². The first kappa shape index (κ1) is 28.1. The van der Waals surface area contributed by atoms with E-state index in [9.17, 15) is 22.8 Å². The minimum absolute atomic E-state index is 0.0455. The van der Waals surface area contributed by atoms with Crippen molar-refractivity contribution in [1.29, 1.82) is 0 Å². The van der Waals surface area contributed by atoms with Gasteiger partial charge in [-0.25, -0.2) is 9.78 Å². The molecular weight excluding hydrogens is 509 g/mol. The number of alkyl halides is 3. The van der Waals surface area contributed by atoms with E-state index in [0.29, 0.717) is 34.4 Å². The normalized spacial score (nSPS) is 16.8. The van der Waals surface area contributed by atoms with Gasteiger partial charge in [-0.05, 0) is 70.7 Å². The lowest BCUT2D eigenvalue weighted by Crippen LogP contribution is -2.29. The predicted molar refractivity (Wildman–Crippen MR) is 143 cm³/mol. The van der Waals surface area contributed by atoms with E-state index >= 15 is 0 Å². The maximum atomic E-state index is 13.1. The van der Waals surface area contributed by atoms with Crippen LogP contribution in [0, 0.1) is 5.92 Å². The SMILES string of the molecule is C[C@H](NC(=O)c1cnc2c(C3=CCC(C(F)(F)F)CC3)cccc2c1)c1cccc(NC(=O)OC(C)(C)C)n1. The number of nitrogens with one attached hydrogen (secondary N) is 2. The number of hydrogen-bond donors (Lipinski definition) is 2. The molecule has 0 radical (unpaired) electrons. The van der Waals surface area contributed by atoms with Crippen molar-refractivity contribution in [3.8, 4) is 0 Å². The molecule has 7 nitrogen and oxygen atoms in total. The van der Waals surface area contributed by atoms with Gasteiger partial charge in [0.2, 0.25) is 0 Å². The van der Waals surface area contributed by atoms with Gasteiger partial charge in [-0.1, -0.05) is 30.3 Å². The highest BCUT2D eigenvalue weighted by atomic mass is 19.4. The smallest absolute Gasteiger partial charge is 0.413 e.